The molecule has 1 saturated carbocycles. The second-order valence-electron chi connectivity index (χ2n) is 5.04. The molecule has 0 unspecified atom stereocenters. The van der Waals surface area contributed by atoms with Crippen LogP contribution in [-0.2, 0) is 5.54 Å². The lowest BCUT2D eigenvalue weighted by Gasteiger charge is -2.16. The van der Waals surface area contributed by atoms with Crippen molar-refractivity contribution in [2.75, 3.05) is 7.05 Å². The molecule has 0 bridgehead atoms. The zero-order chi connectivity index (χ0) is 13.5. The molecular formula is C16H16Cl3N. The number of nitrogens with one attached hydrogen (secondary N) is 1. The summed E-state index contributed by atoms with van der Waals surface area (Å²) in [6.45, 7) is 0. The molecule has 4 heteroatoms. The predicted octanol–water partition coefficient (Wildman–Crippen LogP) is 5.29. The molecule has 2 aromatic carbocycles. The molecular weight excluding hydrogens is 313 g/mol. The fraction of sp³-hybridized carbons (Fsp3) is 0.250. The Bertz CT molecular complexity index is 621. The van der Waals surface area contributed by atoms with Gasteiger partial charge in [0.25, 0.3) is 0 Å². The molecule has 2 aromatic rings. The van der Waals surface area contributed by atoms with Crippen molar-refractivity contribution in [1.82, 2.24) is 5.32 Å². The first-order valence-electron chi connectivity index (χ1n) is 6.39. The number of rotatable bonds is 3. The molecule has 0 radical (unpaired) electrons. The third-order valence-corrected chi connectivity index (χ3v) is 4.64. The van der Waals surface area contributed by atoms with Crippen molar-refractivity contribution in [3.05, 3.63) is 58.1 Å². The third kappa shape index (κ3) is 2.82. The number of hydrogen-bond donors (Lipinski definition) is 1. The van der Waals surface area contributed by atoms with Crippen molar-refractivity contribution >= 4 is 35.6 Å². The van der Waals surface area contributed by atoms with Gasteiger partial charge in [-0.05, 0) is 54.8 Å². The van der Waals surface area contributed by atoms with Gasteiger partial charge in [-0.25, -0.2) is 0 Å². The van der Waals surface area contributed by atoms with Crippen LogP contribution in [0.15, 0.2) is 42.5 Å². The molecule has 0 aliphatic heterocycles. The highest BCUT2D eigenvalue weighted by atomic mass is 35.5. The fourth-order valence-corrected chi connectivity index (χ4v) is 2.78. The topological polar surface area (TPSA) is 12.0 Å². The Kier molecular flexibility index (Phi) is 4.66. The predicted molar refractivity (Wildman–Crippen MR) is 89.1 cm³/mol. The monoisotopic (exact) mass is 327 g/mol. The lowest BCUT2D eigenvalue weighted by atomic mass is 9.98. The molecule has 0 saturated heterocycles. The van der Waals surface area contributed by atoms with Gasteiger partial charge in [-0.3, -0.25) is 0 Å². The first-order valence-corrected chi connectivity index (χ1v) is 7.15. The molecule has 0 aromatic heterocycles. The van der Waals surface area contributed by atoms with E-state index in [4.69, 9.17) is 23.2 Å². The molecule has 3 rings (SSSR count). The number of benzene rings is 2. The maximum Gasteiger partial charge on any atom is 0.0598 e. The fourth-order valence-electron chi connectivity index (χ4n) is 2.48. The van der Waals surface area contributed by atoms with Crippen molar-refractivity contribution in [3.63, 3.8) is 0 Å². The van der Waals surface area contributed by atoms with E-state index < -0.39 is 0 Å². The van der Waals surface area contributed by atoms with Crippen LogP contribution in [0.25, 0.3) is 11.1 Å². The Balaban J connectivity index is 0.00000147. The van der Waals surface area contributed by atoms with Crippen molar-refractivity contribution < 1.29 is 0 Å². The highest BCUT2D eigenvalue weighted by molar-refractivity contribution is 6.42. The number of hydrogen-bond acceptors (Lipinski definition) is 1. The quantitative estimate of drug-likeness (QED) is 0.807. The highest BCUT2D eigenvalue weighted by Gasteiger charge is 2.42. The summed E-state index contributed by atoms with van der Waals surface area (Å²) in [6.07, 6.45) is 2.41. The summed E-state index contributed by atoms with van der Waals surface area (Å²) in [5, 5.41) is 4.61. The Morgan fingerprint density at radius 3 is 2.25 bits per heavy atom. The van der Waals surface area contributed by atoms with Crippen LogP contribution in [0.2, 0.25) is 10.0 Å². The smallest absolute Gasteiger partial charge is 0.0598 e. The van der Waals surface area contributed by atoms with Crippen LogP contribution in [0.4, 0.5) is 0 Å². The summed E-state index contributed by atoms with van der Waals surface area (Å²) in [5.41, 5.74) is 3.81. The second-order valence-corrected chi connectivity index (χ2v) is 5.86. The normalized spacial score (nSPS) is 15.6. The van der Waals surface area contributed by atoms with E-state index in [0.717, 1.165) is 5.56 Å². The highest BCUT2D eigenvalue weighted by Crippen LogP contribution is 2.45. The van der Waals surface area contributed by atoms with Crippen LogP contribution in [0.3, 0.4) is 0 Å². The van der Waals surface area contributed by atoms with Crippen LogP contribution in [0.1, 0.15) is 18.4 Å². The van der Waals surface area contributed by atoms with Crippen LogP contribution >= 0.6 is 35.6 Å². The molecule has 0 atom stereocenters. The molecule has 0 amide bonds. The average Bonchev–Trinajstić information content (AvgIpc) is 3.23. The zero-order valence-electron chi connectivity index (χ0n) is 11.1. The van der Waals surface area contributed by atoms with Crippen molar-refractivity contribution in [2.45, 2.75) is 18.4 Å². The van der Waals surface area contributed by atoms with Gasteiger partial charge in [-0.2, -0.15) is 0 Å². The van der Waals surface area contributed by atoms with Crippen LogP contribution in [0, 0.1) is 0 Å². The maximum absolute atomic E-state index is 6.09. The van der Waals surface area contributed by atoms with Gasteiger partial charge in [-0.15, -0.1) is 12.4 Å². The minimum Gasteiger partial charge on any atom is -0.310 e. The lowest BCUT2D eigenvalue weighted by Crippen LogP contribution is -2.24. The van der Waals surface area contributed by atoms with Gasteiger partial charge in [0.05, 0.1) is 10.0 Å². The summed E-state index contributed by atoms with van der Waals surface area (Å²) in [5.74, 6) is 0. The molecule has 1 aliphatic rings. The molecule has 1 aliphatic carbocycles. The Morgan fingerprint density at radius 2 is 1.65 bits per heavy atom. The van der Waals surface area contributed by atoms with Gasteiger partial charge in [0.15, 0.2) is 0 Å². The van der Waals surface area contributed by atoms with E-state index in [1.54, 1.807) is 0 Å². The SMILES string of the molecule is CNC1(c2cccc(-c3ccc(Cl)c(Cl)c3)c2)CC1.Cl. The molecule has 106 valence electrons. The van der Waals surface area contributed by atoms with Crippen LogP contribution < -0.4 is 5.32 Å². The summed E-state index contributed by atoms with van der Waals surface area (Å²) in [7, 11) is 2.03. The van der Waals surface area contributed by atoms with Gasteiger partial charge in [-0.1, -0.05) is 47.5 Å². The number of halogens is 3. The molecule has 1 fully saturated rings. The van der Waals surface area contributed by atoms with Gasteiger partial charge in [0, 0.05) is 5.54 Å². The standard InChI is InChI=1S/C16H15Cl2N.ClH/c1-19-16(7-8-16)13-4-2-3-11(9-13)12-5-6-14(17)15(18)10-12;/h2-6,9-10,19H,7-8H2,1H3;1H. The Labute approximate surface area is 135 Å². The summed E-state index contributed by atoms with van der Waals surface area (Å²) < 4.78 is 0. The first-order chi connectivity index (χ1) is 9.14. The molecule has 1 nitrogen and oxygen atoms in total. The Hall–Kier alpha value is -0.730. The van der Waals surface area contributed by atoms with Gasteiger partial charge in [0.1, 0.15) is 0 Å². The second kappa shape index (κ2) is 5.95. The van der Waals surface area contributed by atoms with Crippen LogP contribution in [-0.4, -0.2) is 7.05 Å². The van der Waals surface area contributed by atoms with Crippen molar-refractivity contribution in [3.8, 4) is 11.1 Å². The van der Waals surface area contributed by atoms with Crippen LogP contribution in [0.5, 0.6) is 0 Å². The van der Waals surface area contributed by atoms with Gasteiger partial charge < -0.3 is 5.32 Å². The van der Waals surface area contributed by atoms with Gasteiger partial charge in [0.2, 0.25) is 0 Å². The zero-order valence-corrected chi connectivity index (χ0v) is 13.4. The third-order valence-electron chi connectivity index (χ3n) is 3.90. The van der Waals surface area contributed by atoms with Crippen molar-refractivity contribution in [1.29, 1.82) is 0 Å². The van der Waals surface area contributed by atoms with E-state index in [2.05, 4.69) is 29.6 Å². The Morgan fingerprint density at radius 1 is 0.950 bits per heavy atom. The maximum atomic E-state index is 6.09. The van der Waals surface area contributed by atoms with E-state index in [-0.39, 0.29) is 17.9 Å². The van der Waals surface area contributed by atoms with E-state index in [1.807, 2.05) is 25.2 Å². The molecule has 0 spiro atoms. The van der Waals surface area contributed by atoms with E-state index >= 15 is 0 Å². The lowest BCUT2D eigenvalue weighted by molar-refractivity contribution is 0.586. The summed E-state index contributed by atoms with van der Waals surface area (Å²) in [4.78, 5) is 0. The largest absolute Gasteiger partial charge is 0.310 e. The summed E-state index contributed by atoms with van der Waals surface area (Å²) in [6, 6.07) is 14.4. The van der Waals surface area contributed by atoms with Crippen molar-refractivity contribution in [2.24, 2.45) is 0 Å². The average molecular weight is 329 g/mol. The van der Waals surface area contributed by atoms with E-state index in [0.29, 0.717) is 10.0 Å². The molecule has 0 heterocycles. The molecule has 20 heavy (non-hydrogen) atoms. The van der Waals surface area contributed by atoms with Gasteiger partial charge >= 0.3 is 0 Å². The minimum absolute atomic E-state index is 0. The van der Waals surface area contributed by atoms with E-state index in [1.165, 1.54) is 24.0 Å². The first kappa shape index (κ1) is 15.7. The minimum atomic E-state index is 0. The summed E-state index contributed by atoms with van der Waals surface area (Å²) >= 11 is 12.1. The van der Waals surface area contributed by atoms with E-state index in [9.17, 15) is 0 Å². The molecule has 1 N–H and O–H groups in total.